The van der Waals surface area contributed by atoms with Crippen molar-refractivity contribution >= 4 is 11.0 Å². The molecule has 8 N–H and O–H groups in total. The maximum absolute atomic E-state index is 13.2. The first kappa shape index (κ1) is 24.4. The number of aromatic hydroxyl groups is 4. The Hall–Kier alpha value is -3.75. The second kappa shape index (κ2) is 9.13. The Kier molecular flexibility index (Phi) is 6.36. The van der Waals surface area contributed by atoms with Gasteiger partial charge in [0.25, 0.3) is 0 Å². The summed E-state index contributed by atoms with van der Waals surface area (Å²) in [6, 6.07) is 4.40. The van der Waals surface area contributed by atoms with Gasteiger partial charge in [0.15, 0.2) is 28.8 Å². The highest BCUT2D eigenvalue weighted by Crippen LogP contribution is 2.45. The highest BCUT2D eigenvalue weighted by atomic mass is 16.7. The zero-order valence-electron chi connectivity index (χ0n) is 18.0. The van der Waals surface area contributed by atoms with E-state index in [0.29, 0.717) is 0 Å². The average Bonchev–Trinajstić information content (AvgIpc) is 2.83. The van der Waals surface area contributed by atoms with Crippen molar-refractivity contribution in [2.75, 3.05) is 13.7 Å². The van der Waals surface area contributed by atoms with E-state index in [0.717, 1.165) is 25.3 Å². The van der Waals surface area contributed by atoms with Gasteiger partial charge in [-0.25, -0.2) is 0 Å². The van der Waals surface area contributed by atoms with Crippen LogP contribution in [0.3, 0.4) is 0 Å². The van der Waals surface area contributed by atoms with Gasteiger partial charge in [-0.05, 0) is 18.2 Å². The highest BCUT2D eigenvalue weighted by Gasteiger charge is 2.45. The summed E-state index contributed by atoms with van der Waals surface area (Å²) in [6.45, 7) is -0.742. The summed E-state index contributed by atoms with van der Waals surface area (Å²) in [4.78, 5) is 13.2. The molecule has 1 aromatic heterocycles. The summed E-state index contributed by atoms with van der Waals surface area (Å²) in [6.07, 6.45) is -8.39. The minimum Gasteiger partial charge on any atom is -0.504 e. The molecular formula is C22H22O13. The van der Waals surface area contributed by atoms with Crippen LogP contribution in [0, 0.1) is 0 Å². The maximum Gasteiger partial charge on any atom is 0.238 e. The number of rotatable bonds is 5. The van der Waals surface area contributed by atoms with Gasteiger partial charge in [-0.3, -0.25) is 4.79 Å². The Morgan fingerprint density at radius 2 is 1.63 bits per heavy atom. The number of methoxy groups -OCH3 is 1. The van der Waals surface area contributed by atoms with E-state index in [1.165, 1.54) is 6.07 Å². The number of phenols is 3. The van der Waals surface area contributed by atoms with Crippen LogP contribution in [0.5, 0.6) is 34.5 Å². The van der Waals surface area contributed by atoms with Crippen molar-refractivity contribution in [3.8, 4) is 45.8 Å². The molecule has 0 spiro atoms. The van der Waals surface area contributed by atoms with Gasteiger partial charge in [-0.1, -0.05) is 0 Å². The lowest BCUT2D eigenvalue weighted by molar-refractivity contribution is -0.277. The molecule has 0 amide bonds. The summed E-state index contributed by atoms with van der Waals surface area (Å²) in [7, 11) is 1.14. The third kappa shape index (κ3) is 4.05. The summed E-state index contributed by atoms with van der Waals surface area (Å²) >= 11 is 0. The minimum atomic E-state index is -1.85. The number of aliphatic hydroxyl groups is 4. The zero-order chi connectivity index (χ0) is 25.6. The molecule has 188 valence electrons. The lowest BCUT2D eigenvalue weighted by atomic mass is 9.99. The van der Waals surface area contributed by atoms with E-state index in [2.05, 4.69) is 0 Å². The quantitative estimate of drug-likeness (QED) is 0.209. The molecule has 5 atom stereocenters. The third-order valence-corrected chi connectivity index (χ3v) is 5.57. The number of phenolic OH excluding ortho intramolecular Hbond substituents is 3. The Morgan fingerprint density at radius 3 is 2.26 bits per heavy atom. The van der Waals surface area contributed by atoms with Crippen LogP contribution in [-0.4, -0.2) is 85.3 Å². The van der Waals surface area contributed by atoms with Gasteiger partial charge in [0.1, 0.15) is 35.4 Å². The standard InChI is InChI=1S/C22H22O13/c1-32-20-10(26)5-11-13(21(20)35-22-18(31)16(29)14(27)12(6-23)34-22)15(28)17(30)19(33-11)7-2-3-8(24)9(25)4-7/h2-5,12,14,16,18,22-27,29-31H,6H2,1H3/t12-,14-,16-,18-,22+/m0/s1. The van der Waals surface area contributed by atoms with Crippen molar-refractivity contribution in [2.24, 2.45) is 0 Å². The lowest BCUT2D eigenvalue weighted by Gasteiger charge is -2.39. The monoisotopic (exact) mass is 494 g/mol. The molecule has 2 aromatic carbocycles. The summed E-state index contributed by atoms with van der Waals surface area (Å²) in [5.74, 6) is -3.84. The van der Waals surface area contributed by atoms with Gasteiger partial charge < -0.3 is 59.5 Å². The predicted molar refractivity (Wildman–Crippen MR) is 116 cm³/mol. The highest BCUT2D eigenvalue weighted by molar-refractivity contribution is 5.91. The van der Waals surface area contributed by atoms with Crippen LogP contribution >= 0.6 is 0 Å². The minimum absolute atomic E-state index is 0.0171. The molecule has 1 saturated heterocycles. The SMILES string of the molecule is COc1c(O)cc2oc(-c3ccc(O)c(O)c3)c(O)c(=O)c2c1O[C@H]1O[C@@H](CO)[C@H](O)[C@H](O)[C@@H]1O. The molecular weight excluding hydrogens is 472 g/mol. The van der Waals surface area contributed by atoms with E-state index in [9.17, 15) is 45.6 Å². The fraction of sp³-hybridized carbons (Fsp3) is 0.318. The molecule has 0 aliphatic carbocycles. The number of ether oxygens (including phenoxy) is 3. The average molecular weight is 494 g/mol. The van der Waals surface area contributed by atoms with E-state index in [4.69, 9.17) is 18.6 Å². The zero-order valence-corrected chi connectivity index (χ0v) is 18.0. The predicted octanol–water partition coefficient (Wildman–Crippen LogP) is -0.530. The molecule has 13 heteroatoms. The Morgan fingerprint density at radius 1 is 0.914 bits per heavy atom. The summed E-state index contributed by atoms with van der Waals surface area (Å²) < 4.78 is 21.6. The third-order valence-electron chi connectivity index (χ3n) is 5.57. The van der Waals surface area contributed by atoms with Crippen LogP contribution in [0.4, 0.5) is 0 Å². The lowest BCUT2D eigenvalue weighted by Crippen LogP contribution is -2.60. The fourth-order valence-electron chi connectivity index (χ4n) is 3.73. The molecule has 0 bridgehead atoms. The smallest absolute Gasteiger partial charge is 0.238 e. The fourth-order valence-corrected chi connectivity index (χ4v) is 3.73. The van der Waals surface area contributed by atoms with Gasteiger partial charge >= 0.3 is 0 Å². The number of hydrogen-bond donors (Lipinski definition) is 8. The molecule has 35 heavy (non-hydrogen) atoms. The van der Waals surface area contributed by atoms with Crippen LogP contribution in [0.15, 0.2) is 33.5 Å². The van der Waals surface area contributed by atoms with E-state index in [-0.39, 0.29) is 11.1 Å². The van der Waals surface area contributed by atoms with Crippen molar-refractivity contribution in [3.63, 3.8) is 0 Å². The molecule has 1 aliphatic heterocycles. The largest absolute Gasteiger partial charge is 0.504 e. The molecule has 1 fully saturated rings. The number of fused-ring (bicyclic) bond motifs is 1. The second-order valence-corrected chi connectivity index (χ2v) is 7.76. The molecule has 1 aliphatic rings. The molecule has 13 nitrogen and oxygen atoms in total. The van der Waals surface area contributed by atoms with E-state index >= 15 is 0 Å². The normalized spacial score (nSPS) is 24.4. The topological polar surface area (TPSA) is 220 Å². The van der Waals surface area contributed by atoms with Gasteiger partial charge in [-0.15, -0.1) is 0 Å². The molecule has 0 saturated carbocycles. The second-order valence-electron chi connectivity index (χ2n) is 7.76. The molecule has 3 aromatic rings. The first-order chi connectivity index (χ1) is 16.6. The van der Waals surface area contributed by atoms with E-state index in [1.54, 1.807) is 0 Å². The number of hydrogen-bond acceptors (Lipinski definition) is 13. The van der Waals surface area contributed by atoms with Crippen LogP contribution in [0.25, 0.3) is 22.3 Å². The Labute approximate surface area is 195 Å². The summed E-state index contributed by atoms with van der Waals surface area (Å²) in [5.41, 5.74) is -1.36. The van der Waals surface area contributed by atoms with Crippen LogP contribution in [0.1, 0.15) is 0 Å². The molecule has 2 heterocycles. The van der Waals surface area contributed by atoms with Crippen molar-refractivity contribution in [1.29, 1.82) is 0 Å². The van der Waals surface area contributed by atoms with Crippen molar-refractivity contribution in [2.45, 2.75) is 30.7 Å². The van der Waals surface area contributed by atoms with Gasteiger partial charge in [0, 0.05) is 11.6 Å². The first-order valence-corrected chi connectivity index (χ1v) is 10.2. The van der Waals surface area contributed by atoms with Gasteiger partial charge in [0.2, 0.25) is 23.2 Å². The first-order valence-electron chi connectivity index (χ1n) is 10.2. The molecule has 4 rings (SSSR count). The Bertz CT molecular complexity index is 1320. The molecule has 0 unspecified atom stereocenters. The molecule has 0 radical (unpaired) electrons. The maximum atomic E-state index is 13.2. The van der Waals surface area contributed by atoms with Crippen molar-refractivity contribution in [1.82, 2.24) is 0 Å². The van der Waals surface area contributed by atoms with Crippen molar-refractivity contribution in [3.05, 3.63) is 34.5 Å². The van der Waals surface area contributed by atoms with E-state index in [1.807, 2.05) is 0 Å². The van der Waals surface area contributed by atoms with Gasteiger partial charge in [-0.2, -0.15) is 0 Å². The van der Waals surface area contributed by atoms with Crippen LogP contribution in [0.2, 0.25) is 0 Å². The van der Waals surface area contributed by atoms with Crippen LogP contribution < -0.4 is 14.9 Å². The van der Waals surface area contributed by atoms with Gasteiger partial charge in [0.05, 0.1) is 13.7 Å². The van der Waals surface area contributed by atoms with Crippen molar-refractivity contribution < 1.29 is 59.5 Å². The number of benzene rings is 2. The van der Waals surface area contributed by atoms with Crippen LogP contribution in [-0.2, 0) is 4.74 Å². The Balaban J connectivity index is 1.89. The van der Waals surface area contributed by atoms with E-state index < -0.39 is 88.4 Å². The summed E-state index contributed by atoms with van der Waals surface area (Å²) in [5, 5.41) is 79.6. The number of aliphatic hydroxyl groups excluding tert-OH is 4.